The van der Waals surface area contributed by atoms with E-state index in [0.29, 0.717) is 30.6 Å². The van der Waals surface area contributed by atoms with E-state index in [1.54, 1.807) is 0 Å². The Kier molecular flexibility index (Phi) is 4.62. The molecule has 0 N–H and O–H groups in total. The Morgan fingerprint density at radius 3 is 2.73 bits per heavy atom. The molecule has 22 heavy (non-hydrogen) atoms. The van der Waals surface area contributed by atoms with E-state index in [1.165, 1.54) is 0 Å². The van der Waals surface area contributed by atoms with Crippen LogP contribution in [0.25, 0.3) is 0 Å². The first-order valence-electron chi connectivity index (χ1n) is 7.93. The molecule has 0 radical (unpaired) electrons. The van der Waals surface area contributed by atoms with Gasteiger partial charge in [-0.25, -0.2) is 14.4 Å². The molecule has 3 saturated carbocycles. The Morgan fingerprint density at radius 2 is 2.05 bits per heavy atom. The summed E-state index contributed by atoms with van der Waals surface area (Å²) in [5.74, 6) is 0.158. The number of hydrogen-bond acceptors (Lipinski definition) is 4. The minimum Gasteiger partial charge on any atom is -0.466 e. The summed E-state index contributed by atoms with van der Waals surface area (Å²) in [6, 6.07) is 0. The highest BCUT2D eigenvalue weighted by Gasteiger charge is 2.47. The van der Waals surface area contributed by atoms with Crippen LogP contribution in [-0.4, -0.2) is 22.5 Å². The molecule has 120 valence electrons. The minimum absolute atomic E-state index is 0.0463. The molecule has 4 rings (SSSR count). The van der Waals surface area contributed by atoms with E-state index in [9.17, 15) is 9.18 Å². The lowest BCUT2D eigenvalue weighted by molar-refractivity contribution is -0.158. The smallest absolute Gasteiger partial charge is 0.309 e. The Bertz CT molecular complexity index is 561. The highest BCUT2D eigenvalue weighted by Crippen LogP contribution is 2.50. The zero-order valence-corrected chi connectivity index (χ0v) is 13.4. The summed E-state index contributed by atoms with van der Waals surface area (Å²) in [6.45, 7) is 2.20. The van der Waals surface area contributed by atoms with Gasteiger partial charge in [0.2, 0.25) is 5.28 Å². The predicted octanol–water partition coefficient (Wildman–Crippen LogP) is 3.43. The number of halogens is 2. The van der Waals surface area contributed by atoms with Crippen molar-refractivity contribution < 1.29 is 13.9 Å². The molecule has 2 atom stereocenters. The van der Waals surface area contributed by atoms with Crippen LogP contribution in [-0.2, 0) is 16.0 Å². The van der Waals surface area contributed by atoms with Crippen molar-refractivity contribution in [3.05, 3.63) is 23.0 Å². The first-order valence-corrected chi connectivity index (χ1v) is 8.31. The molecule has 1 aromatic rings. The second kappa shape index (κ2) is 6.49. The average molecular weight is 327 g/mol. The molecule has 6 heteroatoms. The number of rotatable bonds is 4. The van der Waals surface area contributed by atoms with E-state index in [-0.39, 0.29) is 23.1 Å². The predicted molar refractivity (Wildman–Crippen MR) is 79.8 cm³/mol. The summed E-state index contributed by atoms with van der Waals surface area (Å²) in [4.78, 5) is 20.0. The fraction of sp³-hybridized carbons (Fsp3) is 0.688. The van der Waals surface area contributed by atoms with Crippen LogP contribution in [0.1, 0.15) is 38.3 Å². The van der Waals surface area contributed by atoms with Crippen molar-refractivity contribution >= 4 is 17.6 Å². The van der Waals surface area contributed by atoms with E-state index in [4.69, 9.17) is 16.3 Å². The first kappa shape index (κ1) is 15.7. The first-order chi connectivity index (χ1) is 10.6. The summed E-state index contributed by atoms with van der Waals surface area (Å²) < 4.78 is 19.2. The van der Waals surface area contributed by atoms with Crippen LogP contribution in [0.2, 0.25) is 5.28 Å². The van der Waals surface area contributed by atoms with E-state index in [1.807, 2.05) is 6.92 Å². The molecule has 2 bridgehead atoms. The molecular formula is C16H20ClFN2O2. The van der Waals surface area contributed by atoms with Gasteiger partial charge in [-0.2, -0.15) is 0 Å². The summed E-state index contributed by atoms with van der Waals surface area (Å²) >= 11 is 5.78. The molecule has 0 aliphatic heterocycles. The number of carbonyl (C=O) groups is 1. The minimum atomic E-state index is -0.451. The zero-order valence-electron chi connectivity index (χ0n) is 12.6. The van der Waals surface area contributed by atoms with Crippen LogP contribution in [0, 0.1) is 29.5 Å². The molecule has 3 aliphatic carbocycles. The topological polar surface area (TPSA) is 52.1 Å². The summed E-state index contributed by atoms with van der Waals surface area (Å²) in [5, 5.41) is 0.0463. The quantitative estimate of drug-likeness (QED) is 0.628. The molecule has 1 unspecified atom stereocenters. The van der Waals surface area contributed by atoms with Gasteiger partial charge in [0, 0.05) is 0 Å². The second-order valence-corrected chi connectivity index (χ2v) is 6.59. The fourth-order valence-corrected chi connectivity index (χ4v) is 4.37. The summed E-state index contributed by atoms with van der Waals surface area (Å²) in [6.07, 6.45) is 5.87. The van der Waals surface area contributed by atoms with Gasteiger partial charge in [0.05, 0.1) is 24.4 Å². The van der Waals surface area contributed by atoms with Crippen LogP contribution in [0.4, 0.5) is 4.39 Å². The van der Waals surface area contributed by atoms with E-state index in [0.717, 1.165) is 31.9 Å². The lowest BCUT2D eigenvalue weighted by Crippen LogP contribution is -2.45. The van der Waals surface area contributed by atoms with Gasteiger partial charge in [-0.15, -0.1) is 0 Å². The van der Waals surface area contributed by atoms with Crippen LogP contribution in [0.15, 0.2) is 6.20 Å². The number of hydrogen-bond donors (Lipinski definition) is 0. The van der Waals surface area contributed by atoms with Gasteiger partial charge in [0.15, 0.2) is 5.82 Å². The summed E-state index contributed by atoms with van der Waals surface area (Å²) in [5.41, 5.74) is 0.312. The maximum Gasteiger partial charge on any atom is 0.309 e. The number of esters is 1. The van der Waals surface area contributed by atoms with Gasteiger partial charge in [-0.1, -0.05) is 0 Å². The molecule has 1 aromatic heterocycles. The summed E-state index contributed by atoms with van der Waals surface area (Å²) in [7, 11) is 0. The van der Waals surface area contributed by atoms with Gasteiger partial charge >= 0.3 is 5.97 Å². The van der Waals surface area contributed by atoms with Crippen molar-refractivity contribution in [3.8, 4) is 0 Å². The SMILES string of the molecule is CCOC(=O)[C@H]1C2CCC(CC2)C1Cc1nc(Cl)ncc1F. The maximum absolute atomic E-state index is 13.9. The third-order valence-corrected chi connectivity index (χ3v) is 5.35. The number of fused-ring (bicyclic) bond motifs is 3. The van der Waals surface area contributed by atoms with E-state index < -0.39 is 5.82 Å². The van der Waals surface area contributed by atoms with Crippen molar-refractivity contribution in [2.45, 2.75) is 39.0 Å². The average Bonchev–Trinajstić information content (AvgIpc) is 2.52. The Balaban J connectivity index is 1.85. The molecule has 3 fully saturated rings. The highest BCUT2D eigenvalue weighted by atomic mass is 35.5. The number of carbonyl (C=O) groups excluding carboxylic acids is 1. The largest absolute Gasteiger partial charge is 0.466 e. The molecule has 3 aliphatic rings. The molecular weight excluding hydrogens is 307 g/mol. The van der Waals surface area contributed by atoms with E-state index in [2.05, 4.69) is 9.97 Å². The zero-order chi connectivity index (χ0) is 15.7. The normalized spacial score (nSPS) is 30.3. The van der Waals surface area contributed by atoms with Crippen LogP contribution in [0.5, 0.6) is 0 Å². The molecule has 0 aromatic carbocycles. The maximum atomic E-state index is 13.9. The third kappa shape index (κ3) is 2.96. The van der Waals surface area contributed by atoms with E-state index >= 15 is 0 Å². The highest BCUT2D eigenvalue weighted by molar-refractivity contribution is 6.28. The van der Waals surface area contributed by atoms with Gasteiger partial charge in [0.25, 0.3) is 0 Å². The molecule has 0 spiro atoms. The Morgan fingerprint density at radius 1 is 1.36 bits per heavy atom. The van der Waals surface area contributed by atoms with Gasteiger partial charge in [-0.05, 0) is 68.4 Å². The molecule has 0 saturated heterocycles. The molecule has 1 heterocycles. The fourth-order valence-electron chi connectivity index (χ4n) is 4.22. The van der Waals surface area contributed by atoms with Crippen LogP contribution in [0.3, 0.4) is 0 Å². The standard InChI is InChI=1S/C16H20ClFN2O2/c1-2-22-15(21)14-10-5-3-9(4-6-10)11(14)7-13-12(18)8-19-16(17)20-13/h8-11,14H,2-7H2,1H3/t9?,10?,11?,14-/m0/s1. The lowest BCUT2D eigenvalue weighted by atomic mass is 9.57. The van der Waals surface area contributed by atoms with Gasteiger partial charge in [0.1, 0.15) is 0 Å². The van der Waals surface area contributed by atoms with Crippen LogP contribution >= 0.6 is 11.6 Å². The Hall–Kier alpha value is -1.23. The monoisotopic (exact) mass is 326 g/mol. The van der Waals surface area contributed by atoms with Crippen molar-refractivity contribution in [2.75, 3.05) is 6.61 Å². The van der Waals surface area contributed by atoms with Gasteiger partial charge in [-0.3, -0.25) is 4.79 Å². The number of ether oxygens (including phenoxy) is 1. The van der Waals surface area contributed by atoms with Crippen LogP contribution < -0.4 is 0 Å². The number of aromatic nitrogens is 2. The third-order valence-electron chi connectivity index (χ3n) is 5.17. The van der Waals surface area contributed by atoms with Crippen molar-refractivity contribution in [1.29, 1.82) is 0 Å². The van der Waals surface area contributed by atoms with Gasteiger partial charge < -0.3 is 4.74 Å². The van der Waals surface area contributed by atoms with Crippen molar-refractivity contribution in [2.24, 2.45) is 23.7 Å². The lowest BCUT2D eigenvalue weighted by Gasteiger charge is -2.47. The molecule has 4 nitrogen and oxygen atoms in total. The number of nitrogens with zero attached hydrogens (tertiary/aromatic N) is 2. The van der Waals surface area contributed by atoms with Crippen molar-refractivity contribution in [1.82, 2.24) is 9.97 Å². The molecule has 0 amide bonds. The van der Waals surface area contributed by atoms with Crippen molar-refractivity contribution in [3.63, 3.8) is 0 Å². The Labute approximate surface area is 134 Å². The second-order valence-electron chi connectivity index (χ2n) is 6.25.